The minimum absolute atomic E-state index is 0.00973. The molecular weight excluding hydrogens is 512 g/mol. The monoisotopic (exact) mass is 566 g/mol. The largest absolute Gasteiger partial charge is 0.394 e. The molecule has 39 heavy (non-hydrogen) atoms. The van der Waals surface area contributed by atoms with Crippen LogP contribution in [0.1, 0.15) is 103 Å². The average molecular weight is 567 g/mol. The fraction of sp³-hybridized carbons (Fsp3) is 1.00. The highest BCUT2D eigenvalue weighted by atomic mass is 16.8. The summed E-state index contributed by atoms with van der Waals surface area (Å²) in [5.41, 5.74) is 0. The molecule has 11 heteroatoms. The lowest BCUT2D eigenvalue weighted by atomic mass is 9.88. The molecule has 0 aromatic carbocycles. The predicted octanol–water partition coefficient (Wildman–Crippen LogP) is 0.846. The Kier molecular flexibility index (Phi) is 15.6. The smallest absolute Gasteiger partial charge is 0.224 e. The first-order chi connectivity index (χ1) is 18.7. The van der Waals surface area contributed by atoms with Crippen LogP contribution in [0.3, 0.4) is 0 Å². The number of ether oxygens (including phenoxy) is 3. The van der Waals surface area contributed by atoms with E-state index >= 15 is 0 Å². The average Bonchev–Trinajstić information content (AvgIpc) is 3.18. The molecule has 0 bridgehead atoms. The summed E-state index contributed by atoms with van der Waals surface area (Å²) in [6.45, 7) is -0.0869. The Balaban J connectivity index is 1.90. The minimum atomic E-state index is -2.27. The third-order valence-corrected chi connectivity index (χ3v) is 8.17. The van der Waals surface area contributed by atoms with Crippen molar-refractivity contribution in [3.8, 4) is 0 Å². The molecule has 232 valence electrons. The zero-order chi connectivity index (χ0) is 28.9. The molecule has 0 aromatic rings. The highest BCUT2D eigenvalue weighted by Crippen LogP contribution is 2.43. The Hall–Kier alpha value is -0.440. The molecule has 2 rings (SSSR count). The maximum Gasteiger partial charge on any atom is 0.224 e. The van der Waals surface area contributed by atoms with Crippen molar-refractivity contribution in [2.45, 2.75) is 158 Å². The Morgan fingerprint density at radius 2 is 0.949 bits per heavy atom. The zero-order valence-corrected chi connectivity index (χ0v) is 23.6. The van der Waals surface area contributed by atoms with Crippen molar-refractivity contribution in [3.05, 3.63) is 0 Å². The van der Waals surface area contributed by atoms with Crippen molar-refractivity contribution in [1.82, 2.24) is 0 Å². The van der Waals surface area contributed by atoms with Gasteiger partial charge in [0, 0.05) is 6.42 Å². The van der Waals surface area contributed by atoms with Crippen LogP contribution in [0.25, 0.3) is 0 Å². The number of unbranched alkanes of at least 4 members (excludes halogenated alkanes) is 13. The number of hydrogen-bond acceptors (Lipinski definition) is 11. The number of aliphatic hydroxyl groups is 8. The van der Waals surface area contributed by atoms with E-state index in [1.165, 1.54) is 57.8 Å². The maximum absolute atomic E-state index is 10.9. The van der Waals surface area contributed by atoms with Crippen LogP contribution in [0.4, 0.5) is 0 Å². The Bertz CT molecular complexity index is 653. The lowest BCUT2D eigenvalue weighted by molar-refractivity contribution is -0.435. The van der Waals surface area contributed by atoms with Gasteiger partial charge in [-0.2, -0.15) is 0 Å². The lowest BCUT2D eigenvalue weighted by Gasteiger charge is -2.51. The molecular formula is C28H54O11. The number of rotatable bonds is 20. The van der Waals surface area contributed by atoms with Crippen molar-refractivity contribution in [3.63, 3.8) is 0 Å². The van der Waals surface area contributed by atoms with E-state index in [-0.39, 0.29) is 6.42 Å². The van der Waals surface area contributed by atoms with Gasteiger partial charge in [0.15, 0.2) is 0 Å². The van der Waals surface area contributed by atoms with Gasteiger partial charge in [-0.3, -0.25) is 0 Å². The summed E-state index contributed by atoms with van der Waals surface area (Å²) in [6.07, 6.45) is 4.73. The van der Waals surface area contributed by atoms with Crippen LogP contribution in [-0.2, 0) is 14.2 Å². The minimum Gasteiger partial charge on any atom is -0.394 e. The summed E-state index contributed by atoms with van der Waals surface area (Å²) < 4.78 is 17.2. The van der Waals surface area contributed by atoms with Gasteiger partial charge < -0.3 is 55.1 Å². The van der Waals surface area contributed by atoms with Crippen molar-refractivity contribution in [2.24, 2.45) is 0 Å². The molecule has 0 aliphatic carbocycles. The topological polar surface area (TPSA) is 190 Å². The fourth-order valence-electron chi connectivity index (χ4n) is 5.66. The van der Waals surface area contributed by atoms with E-state index in [1.54, 1.807) is 0 Å². The van der Waals surface area contributed by atoms with Crippen LogP contribution in [0.5, 0.6) is 0 Å². The van der Waals surface area contributed by atoms with Gasteiger partial charge in [0.2, 0.25) is 11.6 Å². The summed E-state index contributed by atoms with van der Waals surface area (Å²) in [6, 6.07) is 0. The van der Waals surface area contributed by atoms with Gasteiger partial charge in [-0.05, 0) is 6.42 Å². The van der Waals surface area contributed by atoms with Crippen molar-refractivity contribution >= 4 is 0 Å². The second-order valence-corrected chi connectivity index (χ2v) is 11.3. The molecule has 2 aliphatic heterocycles. The van der Waals surface area contributed by atoms with Crippen LogP contribution >= 0.6 is 0 Å². The maximum atomic E-state index is 10.9. The van der Waals surface area contributed by atoms with Gasteiger partial charge in [-0.1, -0.05) is 90.4 Å². The molecule has 1 unspecified atom stereocenters. The van der Waals surface area contributed by atoms with Crippen molar-refractivity contribution in [2.75, 3.05) is 19.8 Å². The second-order valence-electron chi connectivity index (χ2n) is 11.3. The Labute approximate surface area is 232 Å². The molecule has 8 N–H and O–H groups in total. The summed E-state index contributed by atoms with van der Waals surface area (Å²) in [4.78, 5) is 0. The second kappa shape index (κ2) is 17.5. The predicted molar refractivity (Wildman–Crippen MR) is 143 cm³/mol. The molecule has 2 fully saturated rings. The van der Waals surface area contributed by atoms with Gasteiger partial charge in [-0.25, -0.2) is 0 Å². The molecule has 9 atom stereocenters. The van der Waals surface area contributed by atoms with Crippen molar-refractivity contribution < 1.29 is 55.1 Å². The van der Waals surface area contributed by atoms with E-state index in [1.807, 2.05) is 0 Å². The lowest BCUT2D eigenvalue weighted by Crippen LogP contribution is -2.69. The third-order valence-electron chi connectivity index (χ3n) is 8.17. The number of hydrogen-bond donors (Lipinski definition) is 8. The normalized spacial score (nSPS) is 37.0. The zero-order valence-electron chi connectivity index (χ0n) is 23.6. The van der Waals surface area contributed by atoms with E-state index in [4.69, 9.17) is 14.2 Å². The van der Waals surface area contributed by atoms with Crippen LogP contribution < -0.4 is 0 Å². The summed E-state index contributed by atoms with van der Waals surface area (Å²) in [5.74, 6) is -4.34. The molecule has 0 spiro atoms. The Morgan fingerprint density at radius 1 is 0.538 bits per heavy atom. The van der Waals surface area contributed by atoms with Crippen LogP contribution in [-0.4, -0.2) is 115 Å². The first kappa shape index (κ1) is 34.8. The summed E-state index contributed by atoms with van der Waals surface area (Å²) in [7, 11) is 0. The van der Waals surface area contributed by atoms with Gasteiger partial charge in [-0.15, -0.1) is 0 Å². The van der Waals surface area contributed by atoms with E-state index in [2.05, 4.69) is 6.92 Å². The molecule has 0 amide bonds. The first-order valence-corrected chi connectivity index (χ1v) is 15.0. The Morgan fingerprint density at radius 3 is 1.38 bits per heavy atom. The van der Waals surface area contributed by atoms with Gasteiger partial charge in [0.25, 0.3) is 0 Å². The first-order valence-electron chi connectivity index (χ1n) is 15.0. The quantitative estimate of drug-likeness (QED) is 0.0975. The van der Waals surface area contributed by atoms with E-state index in [0.29, 0.717) is 6.42 Å². The number of aliphatic hydroxyl groups excluding tert-OH is 8. The molecule has 0 saturated carbocycles. The van der Waals surface area contributed by atoms with Crippen molar-refractivity contribution in [1.29, 1.82) is 0 Å². The standard InChI is InChI=1S/C28H54O11/c1-2-3-4-5-6-7-8-9-10-11-12-13-14-15-16-27(26(36)24(34)22(32)20(17-29)37-27)39-28(19-31)25(35)23(33)21(18-30)38-28/h20-26,29-36H,2-19H2,1H3/t20-,21-,22-,23-,24+,25+,26-,27+,28?/m1/s1. The van der Waals surface area contributed by atoms with E-state index in [9.17, 15) is 40.9 Å². The molecule has 0 radical (unpaired) electrons. The molecule has 2 aliphatic rings. The van der Waals surface area contributed by atoms with Crippen LogP contribution in [0.15, 0.2) is 0 Å². The van der Waals surface area contributed by atoms with E-state index in [0.717, 1.165) is 25.7 Å². The van der Waals surface area contributed by atoms with E-state index < -0.39 is 74.1 Å². The van der Waals surface area contributed by atoms with Crippen LogP contribution in [0.2, 0.25) is 0 Å². The molecule has 2 saturated heterocycles. The van der Waals surface area contributed by atoms with Gasteiger partial charge in [0.1, 0.15) is 49.3 Å². The summed E-state index contributed by atoms with van der Waals surface area (Å²) >= 11 is 0. The highest BCUT2D eigenvalue weighted by Gasteiger charge is 2.63. The molecule has 2 heterocycles. The van der Waals surface area contributed by atoms with Gasteiger partial charge >= 0.3 is 0 Å². The summed E-state index contributed by atoms with van der Waals surface area (Å²) in [5, 5.41) is 81.8. The highest BCUT2D eigenvalue weighted by molar-refractivity contribution is 5.02. The van der Waals surface area contributed by atoms with Gasteiger partial charge in [0.05, 0.1) is 13.2 Å². The fourth-order valence-corrected chi connectivity index (χ4v) is 5.66. The molecule has 0 aromatic heterocycles. The molecule has 11 nitrogen and oxygen atoms in total. The third kappa shape index (κ3) is 9.27. The SMILES string of the molecule is CCCCCCCCCCCCCCCC[C@@]1(OC2(CO)O[C@H](CO)[C@@H](O)[C@@H]2O)O[C@H](CO)[C@@H](O)[C@H](O)[C@H]1O. The van der Waals surface area contributed by atoms with Crippen LogP contribution in [0, 0.1) is 0 Å².